The molecule has 160 valence electrons. The van der Waals surface area contributed by atoms with Gasteiger partial charge in [0, 0.05) is 17.9 Å². The number of carbonyl (C=O) groups excluding carboxylic acids is 2. The largest absolute Gasteiger partial charge is 0.481 e. The number of nitrogens with one attached hydrogen (secondary N) is 3. The summed E-state index contributed by atoms with van der Waals surface area (Å²) < 4.78 is 5.71. The van der Waals surface area contributed by atoms with Gasteiger partial charge in [-0.1, -0.05) is 36.4 Å². The van der Waals surface area contributed by atoms with Crippen molar-refractivity contribution in [2.75, 3.05) is 10.6 Å². The Hall–Kier alpha value is -3.80. The van der Waals surface area contributed by atoms with Crippen molar-refractivity contribution in [1.82, 2.24) is 5.32 Å². The summed E-state index contributed by atoms with van der Waals surface area (Å²) in [4.78, 5) is 24.6. The lowest BCUT2D eigenvalue weighted by atomic mass is 10.2. The monoisotopic (exact) mass is 417 g/mol. The standard InChI is InChI=1S/C25H27N3O3/c1-17-7-4-10-21(13-17)27-25(30)28-22-11-6-9-20(15-22)16-26-24(29)19(3)31-23-12-5-8-18(2)14-23/h4-15,19H,16H2,1-3H3,(H,26,29)(H2,27,28,30). The van der Waals surface area contributed by atoms with Crippen LogP contribution >= 0.6 is 0 Å². The van der Waals surface area contributed by atoms with Gasteiger partial charge in [0.25, 0.3) is 5.91 Å². The van der Waals surface area contributed by atoms with E-state index < -0.39 is 6.10 Å². The van der Waals surface area contributed by atoms with Gasteiger partial charge in [0.05, 0.1) is 0 Å². The molecule has 0 saturated carbocycles. The van der Waals surface area contributed by atoms with Crippen LogP contribution in [0.25, 0.3) is 0 Å². The van der Waals surface area contributed by atoms with Crippen molar-refractivity contribution >= 4 is 23.3 Å². The molecule has 0 aliphatic heterocycles. The fraction of sp³-hybridized carbons (Fsp3) is 0.200. The molecule has 3 amide bonds. The van der Waals surface area contributed by atoms with E-state index in [1.165, 1.54) is 0 Å². The van der Waals surface area contributed by atoms with Gasteiger partial charge in [0.2, 0.25) is 0 Å². The van der Waals surface area contributed by atoms with Gasteiger partial charge in [-0.3, -0.25) is 4.79 Å². The van der Waals surface area contributed by atoms with Crippen LogP contribution in [0.3, 0.4) is 0 Å². The molecule has 0 heterocycles. The summed E-state index contributed by atoms with van der Waals surface area (Å²) in [6.07, 6.45) is -0.622. The smallest absolute Gasteiger partial charge is 0.323 e. The second kappa shape index (κ2) is 10.3. The van der Waals surface area contributed by atoms with E-state index in [0.29, 0.717) is 18.0 Å². The minimum atomic E-state index is -0.622. The normalized spacial score (nSPS) is 11.3. The number of hydrogen-bond donors (Lipinski definition) is 3. The van der Waals surface area contributed by atoms with Crippen molar-refractivity contribution in [2.24, 2.45) is 0 Å². The molecule has 0 aromatic heterocycles. The van der Waals surface area contributed by atoms with Crippen molar-refractivity contribution in [3.63, 3.8) is 0 Å². The van der Waals surface area contributed by atoms with Crippen LogP contribution in [0.2, 0.25) is 0 Å². The minimum absolute atomic E-state index is 0.211. The molecule has 0 saturated heterocycles. The van der Waals surface area contributed by atoms with E-state index in [4.69, 9.17) is 4.74 Å². The predicted octanol–water partition coefficient (Wildman–Crippen LogP) is 5.03. The van der Waals surface area contributed by atoms with Crippen LogP contribution < -0.4 is 20.7 Å². The molecule has 31 heavy (non-hydrogen) atoms. The maximum absolute atomic E-state index is 12.4. The Kier molecular flexibility index (Phi) is 7.27. The second-order valence-corrected chi connectivity index (χ2v) is 7.44. The molecule has 0 fully saturated rings. The molecule has 0 spiro atoms. The highest BCUT2D eigenvalue weighted by Gasteiger charge is 2.14. The maximum Gasteiger partial charge on any atom is 0.323 e. The number of benzene rings is 3. The zero-order chi connectivity index (χ0) is 22.2. The molecule has 3 rings (SSSR count). The molecule has 1 unspecified atom stereocenters. The van der Waals surface area contributed by atoms with Crippen molar-refractivity contribution < 1.29 is 14.3 Å². The van der Waals surface area contributed by atoms with Gasteiger partial charge in [-0.25, -0.2) is 4.79 Å². The molecule has 1 atom stereocenters. The lowest BCUT2D eigenvalue weighted by Gasteiger charge is -2.15. The van der Waals surface area contributed by atoms with Gasteiger partial charge in [0.15, 0.2) is 6.10 Å². The Balaban J connectivity index is 1.51. The van der Waals surface area contributed by atoms with E-state index in [9.17, 15) is 9.59 Å². The molecule has 6 heteroatoms. The Labute approximate surface area is 182 Å². The highest BCUT2D eigenvalue weighted by molar-refractivity contribution is 5.99. The Morgan fingerprint density at radius 1 is 0.839 bits per heavy atom. The Morgan fingerprint density at radius 2 is 1.45 bits per heavy atom. The first-order valence-electron chi connectivity index (χ1n) is 10.1. The fourth-order valence-electron chi connectivity index (χ4n) is 3.05. The van der Waals surface area contributed by atoms with Gasteiger partial charge < -0.3 is 20.7 Å². The highest BCUT2D eigenvalue weighted by Crippen LogP contribution is 2.15. The molecule has 0 aliphatic carbocycles. The SMILES string of the molecule is Cc1cccc(NC(=O)Nc2cccc(CNC(=O)C(C)Oc3cccc(C)c3)c2)c1. The topological polar surface area (TPSA) is 79.5 Å². The minimum Gasteiger partial charge on any atom is -0.481 e. The van der Waals surface area contributed by atoms with Gasteiger partial charge in [0.1, 0.15) is 5.75 Å². The van der Waals surface area contributed by atoms with Crippen molar-refractivity contribution in [3.8, 4) is 5.75 Å². The van der Waals surface area contributed by atoms with E-state index in [1.54, 1.807) is 13.0 Å². The summed E-state index contributed by atoms with van der Waals surface area (Å²) in [6, 6.07) is 22.2. The molecule has 0 bridgehead atoms. The van der Waals surface area contributed by atoms with Crippen molar-refractivity contribution in [2.45, 2.75) is 33.4 Å². The van der Waals surface area contributed by atoms with Crippen LogP contribution in [0.1, 0.15) is 23.6 Å². The average Bonchev–Trinajstić information content (AvgIpc) is 2.72. The number of ether oxygens (including phenoxy) is 1. The van der Waals surface area contributed by atoms with Crippen LogP contribution in [0.4, 0.5) is 16.2 Å². The van der Waals surface area contributed by atoms with E-state index >= 15 is 0 Å². The summed E-state index contributed by atoms with van der Waals surface area (Å²) in [7, 11) is 0. The highest BCUT2D eigenvalue weighted by atomic mass is 16.5. The third kappa shape index (κ3) is 6.89. The first-order chi connectivity index (χ1) is 14.9. The summed E-state index contributed by atoms with van der Waals surface area (Å²) in [6.45, 7) is 5.98. The predicted molar refractivity (Wildman–Crippen MR) is 123 cm³/mol. The van der Waals surface area contributed by atoms with E-state index in [-0.39, 0.29) is 11.9 Å². The van der Waals surface area contributed by atoms with Crippen molar-refractivity contribution in [1.29, 1.82) is 0 Å². The van der Waals surface area contributed by atoms with E-state index in [0.717, 1.165) is 22.4 Å². The summed E-state index contributed by atoms with van der Waals surface area (Å²) in [5.74, 6) is 0.450. The van der Waals surface area contributed by atoms with Crippen LogP contribution in [0, 0.1) is 13.8 Å². The fourth-order valence-corrected chi connectivity index (χ4v) is 3.05. The van der Waals surface area contributed by atoms with Gasteiger partial charge in [-0.05, 0) is 73.9 Å². The number of carbonyl (C=O) groups is 2. The van der Waals surface area contributed by atoms with Crippen LogP contribution in [-0.2, 0) is 11.3 Å². The Morgan fingerprint density at radius 3 is 2.13 bits per heavy atom. The lowest BCUT2D eigenvalue weighted by molar-refractivity contribution is -0.127. The number of aryl methyl sites for hydroxylation is 2. The van der Waals surface area contributed by atoms with E-state index in [1.807, 2.05) is 80.6 Å². The molecule has 6 nitrogen and oxygen atoms in total. The zero-order valence-corrected chi connectivity index (χ0v) is 17.9. The molecule has 3 aromatic carbocycles. The maximum atomic E-state index is 12.4. The molecule has 0 radical (unpaired) electrons. The summed E-state index contributed by atoms with van der Waals surface area (Å²) >= 11 is 0. The molecular formula is C25H27N3O3. The van der Waals surface area contributed by atoms with Gasteiger partial charge in [-0.15, -0.1) is 0 Å². The average molecular weight is 418 g/mol. The molecule has 0 aliphatic rings. The first-order valence-corrected chi connectivity index (χ1v) is 10.1. The van der Waals surface area contributed by atoms with Gasteiger partial charge >= 0.3 is 6.03 Å². The molecular weight excluding hydrogens is 390 g/mol. The first kappa shape index (κ1) is 21.9. The number of hydrogen-bond acceptors (Lipinski definition) is 3. The number of amides is 3. The summed E-state index contributed by atoms with van der Waals surface area (Å²) in [5.41, 5.74) is 4.37. The lowest BCUT2D eigenvalue weighted by Crippen LogP contribution is -2.35. The third-order valence-electron chi connectivity index (χ3n) is 4.60. The van der Waals surface area contributed by atoms with Crippen LogP contribution in [-0.4, -0.2) is 18.0 Å². The quantitative estimate of drug-likeness (QED) is 0.504. The van der Waals surface area contributed by atoms with Crippen molar-refractivity contribution in [3.05, 3.63) is 89.5 Å². The number of anilines is 2. The third-order valence-corrected chi connectivity index (χ3v) is 4.60. The van der Waals surface area contributed by atoms with Gasteiger partial charge in [-0.2, -0.15) is 0 Å². The Bertz CT molecular complexity index is 1070. The zero-order valence-electron chi connectivity index (χ0n) is 17.9. The second-order valence-electron chi connectivity index (χ2n) is 7.44. The number of urea groups is 1. The number of rotatable bonds is 7. The van der Waals surface area contributed by atoms with Crippen LogP contribution in [0.15, 0.2) is 72.8 Å². The molecule has 3 aromatic rings. The van der Waals surface area contributed by atoms with Crippen LogP contribution in [0.5, 0.6) is 5.75 Å². The summed E-state index contributed by atoms with van der Waals surface area (Å²) in [5, 5.41) is 8.49. The van der Waals surface area contributed by atoms with E-state index in [2.05, 4.69) is 16.0 Å². The molecule has 3 N–H and O–H groups in total.